The van der Waals surface area contributed by atoms with Crippen LogP contribution in [-0.2, 0) is 9.47 Å². The van der Waals surface area contributed by atoms with Gasteiger partial charge >= 0.3 is 12.1 Å². The van der Waals surface area contributed by atoms with E-state index in [0.29, 0.717) is 19.8 Å². The van der Waals surface area contributed by atoms with Crippen LogP contribution in [0.1, 0.15) is 26.2 Å². The number of nitrogens with zero attached hydrogens (tertiary/aromatic N) is 7. The maximum Gasteiger partial charge on any atom is 0.413 e. The summed E-state index contributed by atoms with van der Waals surface area (Å²) in [5.74, 6) is -2.49. The Morgan fingerprint density at radius 2 is 1.93 bits per heavy atom. The van der Waals surface area contributed by atoms with Crippen LogP contribution in [0.2, 0.25) is 0 Å². The van der Waals surface area contributed by atoms with Gasteiger partial charge < -0.3 is 24.0 Å². The molecule has 16 heteroatoms. The number of carbonyl (C=O) groups excluding carboxylic acids is 2. The molecule has 5 rings (SSSR count). The molecule has 3 atom stereocenters. The van der Waals surface area contributed by atoms with Crippen molar-refractivity contribution >= 4 is 29.7 Å². The van der Waals surface area contributed by atoms with Gasteiger partial charge in [-0.25, -0.2) is 33.3 Å². The molecule has 0 aliphatic carbocycles. The van der Waals surface area contributed by atoms with E-state index < -0.39 is 36.6 Å². The van der Waals surface area contributed by atoms with E-state index in [1.54, 1.807) is 11.8 Å². The van der Waals surface area contributed by atoms with E-state index in [-0.39, 0.29) is 42.6 Å². The molecule has 0 aromatic carbocycles. The second-order valence-electron chi connectivity index (χ2n) is 10.3. The van der Waals surface area contributed by atoms with Gasteiger partial charge in [0.1, 0.15) is 18.0 Å². The molecule has 3 amide bonds. The van der Waals surface area contributed by atoms with Gasteiger partial charge in [-0.05, 0) is 38.9 Å². The molecule has 3 saturated heterocycles. The number of ether oxygens (including phenoxy) is 3. The van der Waals surface area contributed by atoms with Crippen LogP contribution in [0.25, 0.3) is 0 Å². The fraction of sp³-hybridized carbons (Fsp3) is 0.615. The molecule has 2 aromatic heterocycles. The molecule has 0 saturated carbocycles. The molecular weight excluding hydrogens is 556 g/mol. The largest absolute Gasteiger partial charge is 0.477 e. The maximum absolute atomic E-state index is 15.0. The van der Waals surface area contributed by atoms with Crippen molar-refractivity contribution < 1.29 is 32.6 Å². The minimum atomic E-state index is -3.16. The van der Waals surface area contributed by atoms with E-state index in [2.05, 4.69) is 35.5 Å². The van der Waals surface area contributed by atoms with E-state index in [0.717, 1.165) is 30.8 Å². The summed E-state index contributed by atoms with van der Waals surface area (Å²) in [6, 6.07) is -0.762. The molecule has 42 heavy (non-hydrogen) atoms. The fourth-order valence-electron chi connectivity index (χ4n) is 5.31. The molecule has 2 N–H and O–H groups in total. The first-order chi connectivity index (χ1) is 20.2. The summed E-state index contributed by atoms with van der Waals surface area (Å²) in [5, 5.41) is 5.09. The Bertz CT molecular complexity index is 1230. The second kappa shape index (κ2) is 12.9. The smallest absolute Gasteiger partial charge is 0.413 e. The van der Waals surface area contributed by atoms with Crippen molar-refractivity contribution in [1.29, 1.82) is 0 Å². The highest BCUT2D eigenvalue weighted by molar-refractivity contribution is 5.88. The molecule has 14 nitrogen and oxygen atoms in total. The fourth-order valence-corrected chi connectivity index (χ4v) is 5.31. The molecule has 3 aliphatic heterocycles. The third-order valence-corrected chi connectivity index (χ3v) is 7.56. The van der Waals surface area contributed by atoms with Crippen LogP contribution < -0.4 is 20.3 Å². The summed E-state index contributed by atoms with van der Waals surface area (Å²) in [7, 11) is 1.29. The molecule has 0 spiro atoms. The van der Waals surface area contributed by atoms with Crippen LogP contribution in [0.3, 0.4) is 0 Å². The Kier molecular flexibility index (Phi) is 9.11. The molecule has 0 unspecified atom stereocenters. The number of hydrogen-bond acceptors (Lipinski definition) is 11. The van der Waals surface area contributed by atoms with E-state index in [1.807, 2.05) is 0 Å². The predicted octanol–water partition coefficient (Wildman–Crippen LogP) is 2.45. The Hall–Kier alpha value is -3.92. The van der Waals surface area contributed by atoms with Crippen molar-refractivity contribution in [1.82, 2.24) is 29.7 Å². The number of alkyl halides is 2. The number of aromatic nitrogens is 4. The number of piperidine rings is 1. The number of carbonyl (C=O) groups is 2. The van der Waals surface area contributed by atoms with Gasteiger partial charge in [-0.3, -0.25) is 15.5 Å². The molecule has 0 radical (unpaired) electrons. The Morgan fingerprint density at radius 1 is 1.12 bits per heavy atom. The quantitative estimate of drug-likeness (QED) is 0.467. The topological polar surface area (TPSA) is 147 Å². The summed E-state index contributed by atoms with van der Waals surface area (Å²) < 4.78 is 46.4. The standard InChI is InChI=1S/C26H35F2N9O5/c1-3-41-22-13-30-21(12-31-22)33-24(38)35(2)19-14-37(11-7-26(19,27)28)23-29-8-6-20(32-23)34-25(39)42-18-16-40-15-17(18)36-9-4-5-10-36/h6,8,12-13,17-19H,3-5,7,9-11,14-16H2,1-2H3,(H,30,33,38)(H,29,32,34,39)/t17-,18+,19-/m0/s1. The van der Waals surface area contributed by atoms with Crippen LogP contribution in [0, 0.1) is 0 Å². The van der Waals surface area contributed by atoms with Crippen LogP contribution in [0.15, 0.2) is 24.7 Å². The lowest BCUT2D eigenvalue weighted by molar-refractivity contribution is -0.0760. The van der Waals surface area contributed by atoms with Crippen molar-refractivity contribution in [2.45, 2.75) is 50.3 Å². The van der Waals surface area contributed by atoms with Crippen molar-refractivity contribution in [3.8, 4) is 5.88 Å². The number of anilines is 3. The van der Waals surface area contributed by atoms with Gasteiger partial charge in [0.25, 0.3) is 5.92 Å². The number of halogens is 2. The van der Waals surface area contributed by atoms with Crippen molar-refractivity contribution in [2.75, 3.05) is 68.6 Å². The zero-order valence-corrected chi connectivity index (χ0v) is 23.5. The lowest BCUT2D eigenvalue weighted by Gasteiger charge is -2.42. The monoisotopic (exact) mass is 591 g/mol. The molecule has 0 bridgehead atoms. The average molecular weight is 592 g/mol. The molecule has 228 valence electrons. The summed E-state index contributed by atoms with van der Waals surface area (Å²) in [6.45, 7) is 4.64. The first-order valence-electron chi connectivity index (χ1n) is 14.0. The summed E-state index contributed by atoms with van der Waals surface area (Å²) in [4.78, 5) is 46.9. The summed E-state index contributed by atoms with van der Waals surface area (Å²) >= 11 is 0. The van der Waals surface area contributed by atoms with Gasteiger partial charge in [0.05, 0.1) is 38.3 Å². The zero-order valence-electron chi connectivity index (χ0n) is 23.5. The van der Waals surface area contributed by atoms with Gasteiger partial charge in [0.2, 0.25) is 11.8 Å². The summed E-state index contributed by atoms with van der Waals surface area (Å²) in [6.07, 6.45) is 4.65. The molecule has 3 aliphatic rings. The van der Waals surface area contributed by atoms with Crippen molar-refractivity contribution in [2.24, 2.45) is 0 Å². The van der Waals surface area contributed by atoms with E-state index >= 15 is 8.78 Å². The number of likely N-dealkylation sites (N-methyl/N-ethyl adjacent to an activating group) is 1. The van der Waals surface area contributed by atoms with Gasteiger partial charge in [-0.2, -0.15) is 4.98 Å². The second-order valence-corrected chi connectivity index (χ2v) is 10.3. The third kappa shape index (κ3) is 6.92. The lowest BCUT2D eigenvalue weighted by atomic mass is 10.00. The Morgan fingerprint density at radius 3 is 2.67 bits per heavy atom. The van der Waals surface area contributed by atoms with Crippen LogP contribution in [-0.4, -0.2) is 119 Å². The highest BCUT2D eigenvalue weighted by Gasteiger charge is 2.48. The number of amides is 3. The highest BCUT2D eigenvalue weighted by atomic mass is 19.3. The predicted molar refractivity (Wildman–Crippen MR) is 147 cm³/mol. The van der Waals surface area contributed by atoms with Crippen LogP contribution in [0.4, 0.5) is 36.0 Å². The van der Waals surface area contributed by atoms with Gasteiger partial charge in [-0.1, -0.05) is 0 Å². The third-order valence-electron chi connectivity index (χ3n) is 7.56. The first-order valence-corrected chi connectivity index (χ1v) is 14.0. The van der Waals surface area contributed by atoms with Crippen molar-refractivity contribution in [3.05, 3.63) is 24.7 Å². The van der Waals surface area contributed by atoms with Crippen LogP contribution in [0.5, 0.6) is 5.88 Å². The normalized spacial score (nSPS) is 23.8. The number of urea groups is 1. The lowest BCUT2D eigenvalue weighted by Crippen LogP contribution is -2.60. The minimum absolute atomic E-state index is 0.0156. The zero-order chi connectivity index (χ0) is 29.7. The number of hydrogen-bond donors (Lipinski definition) is 2. The summed E-state index contributed by atoms with van der Waals surface area (Å²) in [5.41, 5.74) is 0. The van der Waals surface area contributed by atoms with E-state index in [9.17, 15) is 9.59 Å². The SMILES string of the molecule is CCOc1cnc(NC(=O)N(C)[C@H]2CN(c3nccc(NC(=O)O[C@@H]4COC[C@@H]4N4CCCC4)n3)CCC2(F)F)cn1. The van der Waals surface area contributed by atoms with Crippen molar-refractivity contribution in [3.63, 3.8) is 0 Å². The molecule has 5 heterocycles. The molecular formula is C26H35F2N9O5. The Labute approximate surface area is 241 Å². The number of nitrogens with one attached hydrogen (secondary N) is 2. The van der Waals surface area contributed by atoms with Gasteiger partial charge in [-0.15, -0.1) is 0 Å². The highest BCUT2D eigenvalue weighted by Crippen LogP contribution is 2.33. The van der Waals surface area contributed by atoms with Gasteiger partial charge in [0.15, 0.2) is 5.82 Å². The van der Waals surface area contributed by atoms with E-state index in [1.165, 1.54) is 31.7 Å². The molecule has 3 fully saturated rings. The number of likely N-dealkylation sites (tertiary alicyclic amines) is 1. The molecule has 2 aromatic rings. The average Bonchev–Trinajstić information content (AvgIpc) is 3.66. The van der Waals surface area contributed by atoms with E-state index in [4.69, 9.17) is 14.2 Å². The Balaban J connectivity index is 1.20. The number of rotatable bonds is 8. The minimum Gasteiger partial charge on any atom is -0.477 e. The van der Waals surface area contributed by atoms with Gasteiger partial charge in [0, 0.05) is 32.8 Å². The first kappa shape index (κ1) is 29.6. The maximum atomic E-state index is 15.0. The van der Waals surface area contributed by atoms with Crippen LogP contribution >= 0.6 is 0 Å².